The lowest BCUT2D eigenvalue weighted by Crippen LogP contribution is -2.16. The molecular formula is C18H20BrNO3. The number of halogens is 1. The topological polar surface area (TPSA) is 47.6 Å². The molecule has 4 nitrogen and oxygen atoms in total. The Morgan fingerprint density at radius 3 is 2.70 bits per heavy atom. The zero-order valence-corrected chi connectivity index (χ0v) is 15.1. The van der Waals surface area contributed by atoms with Crippen LogP contribution in [0, 0.1) is 13.8 Å². The first-order valence-electron chi connectivity index (χ1n) is 7.33. The number of methoxy groups -OCH3 is 1. The zero-order valence-electron chi connectivity index (χ0n) is 13.5. The SMILES string of the molecule is COc1ccc(Br)cc1NC(=O)CCOc1cccc(C)c1C. The van der Waals surface area contributed by atoms with Crippen molar-refractivity contribution in [1.29, 1.82) is 0 Å². The molecule has 0 aliphatic rings. The largest absolute Gasteiger partial charge is 0.495 e. The average Bonchev–Trinajstić information content (AvgIpc) is 2.52. The number of benzene rings is 2. The number of hydrogen-bond donors (Lipinski definition) is 1. The molecule has 0 unspecified atom stereocenters. The molecule has 0 saturated carbocycles. The first-order chi connectivity index (χ1) is 11.0. The fraction of sp³-hybridized carbons (Fsp3) is 0.278. The Morgan fingerprint density at radius 2 is 1.96 bits per heavy atom. The minimum atomic E-state index is -0.119. The van der Waals surface area contributed by atoms with Gasteiger partial charge in [-0.2, -0.15) is 0 Å². The summed E-state index contributed by atoms with van der Waals surface area (Å²) in [5.74, 6) is 1.32. The van der Waals surface area contributed by atoms with Crippen molar-refractivity contribution in [3.05, 3.63) is 52.0 Å². The van der Waals surface area contributed by atoms with Gasteiger partial charge in [-0.1, -0.05) is 28.1 Å². The molecule has 2 aromatic carbocycles. The van der Waals surface area contributed by atoms with E-state index in [1.54, 1.807) is 13.2 Å². The first-order valence-corrected chi connectivity index (χ1v) is 8.13. The summed E-state index contributed by atoms with van der Waals surface area (Å²) in [4.78, 5) is 12.1. The number of nitrogens with one attached hydrogen (secondary N) is 1. The fourth-order valence-corrected chi connectivity index (χ4v) is 2.49. The van der Waals surface area contributed by atoms with E-state index >= 15 is 0 Å². The molecule has 1 N–H and O–H groups in total. The molecule has 0 spiro atoms. The Morgan fingerprint density at radius 1 is 1.17 bits per heavy atom. The molecular weight excluding hydrogens is 358 g/mol. The number of aryl methyl sites for hydroxylation is 1. The standard InChI is InChI=1S/C18H20BrNO3/c1-12-5-4-6-16(13(12)2)23-10-9-18(21)20-15-11-14(19)7-8-17(15)22-3/h4-8,11H,9-10H2,1-3H3,(H,20,21). The fourth-order valence-electron chi connectivity index (χ4n) is 2.12. The second-order valence-electron chi connectivity index (χ2n) is 5.19. The molecule has 2 aromatic rings. The van der Waals surface area contributed by atoms with Crippen molar-refractivity contribution >= 4 is 27.5 Å². The Hall–Kier alpha value is -2.01. The van der Waals surface area contributed by atoms with Crippen molar-refractivity contribution in [1.82, 2.24) is 0 Å². The van der Waals surface area contributed by atoms with Gasteiger partial charge in [0.1, 0.15) is 11.5 Å². The lowest BCUT2D eigenvalue weighted by Gasteiger charge is -2.12. The van der Waals surface area contributed by atoms with Crippen molar-refractivity contribution in [2.24, 2.45) is 0 Å². The Balaban J connectivity index is 1.91. The van der Waals surface area contributed by atoms with Gasteiger partial charge in [-0.05, 0) is 49.2 Å². The van der Waals surface area contributed by atoms with E-state index in [0.29, 0.717) is 18.0 Å². The normalized spacial score (nSPS) is 10.3. The summed E-state index contributed by atoms with van der Waals surface area (Å²) >= 11 is 3.38. The van der Waals surface area contributed by atoms with Gasteiger partial charge in [-0.25, -0.2) is 0 Å². The maximum atomic E-state index is 12.1. The van der Waals surface area contributed by atoms with Gasteiger partial charge in [0.25, 0.3) is 0 Å². The van der Waals surface area contributed by atoms with Gasteiger partial charge in [-0.15, -0.1) is 0 Å². The lowest BCUT2D eigenvalue weighted by molar-refractivity contribution is -0.116. The minimum Gasteiger partial charge on any atom is -0.495 e. The van der Waals surface area contributed by atoms with Gasteiger partial charge < -0.3 is 14.8 Å². The van der Waals surface area contributed by atoms with Crippen LogP contribution >= 0.6 is 15.9 Å². The van der Waals surface area contributed by atoms with Crippen molar-refractivity contribution in [2.45, 2.75) is 20.3 Å². The molecule has 0 aliphatic carbocycles. The third-order valence-electron chi connectivity index (χ3n) is 3.58. The summed E-state index contributed by atoms with van der Waals surface area (Å²) in [6, 6.07) is 11.4. The van der Waals surface area contributed by atoms with Gasteiger partial charge in [0, 0.05) is 4.47 Å². The monoisotopic (exact) mass is 377 g/mol. The highest BCUT2D eigenvalue weighted by Gasteiger charge is 2.09. The summed E-state index contributed by atoms with van der Waals surface area (Å²) in [6.45, 7) is 4.37. The summed E-state index contributed by atoms with van der Waals surface area (Å²) in [5.41, 5.74) is 2.91. The van der Waals surface area contributed by atoms with E-state index in [-0.39, 0.29) is 12.3 Å². The first kappa shape index (κ1) is 17.3. The molecule has 0 radical (unpaired) electrons. The van der Waals surface area contributed by atoms with Gasteiger partial charge in [-0.3, -0.25) is 4.79 Å². The molecule has 122 valence electrons. The summed E-state index contributed by atoms with van der Waals surface area (Å²) < 4.78 is 11.8. The number of ether oxygens (including phenoxy) is 2. The number of rotatable bonds is 6. The smallest absolute Gasteiger partial charge is 0.227 e. The number of amides is 1. The summed E-state index contributed by atoms with van der Waals surface area (Å²) in [7, 11) is 1.57. The van der Waals surface area contributed by atoms with Crippen LogP contribution in [0.2, 0.25) is 0 Å². The van der Waals surface area contributed by atoms with Gasteiger partial charge in [0.05, 0.1) is 25.8 Å². The van der Waals surface area contributed by atoms with E-state index < -0.39 is 0 Å². The molecule has 0 saturated heterocycles. The lowest BCUT2D eigenvalue weighted by atomic mass is 10.1. The van der Waals surface area contributed by atoms with Crippen molar-refractivity contribution < 1.29 is 14.3 Å². The highest BCUT2D eigenvalue weighted by Crippen LogP contribution is 2.28. The van der Waals surface area contributed by atoms with Crippen molar-refractivity contribution in [3.63, 3.8) is 0 Å². The van der Waals surface area contributed by atoms with Crippen LogP contribution in [0.4, 0.5) is 5.69 Å². The molecule has 0 aliphatic heterocycles. The average molecular weight is 378 g/mol. The van der Waals surface area contributed by atoms with Crippen LogP contribution in [0.1, 0.15) is 17.5 Å². The minimum absolute atomic E-state index is 0.119. The highest BCUT2D eigenvalue weighted by molar-refractivity contribution is 9.10. The number of hydrogen-bond acceptors (Lipinski definition) is 3. The Bertz CT molecular complexity index is 701. The third kappa shape index (κ3) is 4.73. The third-order valence-corrected chi connectivity index (χ3v) is 4.07. The molecule has 0 heterocycles. The molecule has 1 amide bonds. The number of carbonyl (C=O) groups is 1. The van der Waals surface area contributed by atoms with E-state index in [0.717, 1.165) is 15.8 Å². The molecule has 0 fully saturated rings. The van der Waals surface area contributed by atoms with E-state index in [1.165, 1.54) is 5.56 Å². The second-order valence-corrected chi connectivity index (χ2v) is 6.10. The molecule has 2 rings (SSSR count). The van der Waals surface area contributed by atoms with E-state index in [2.05, 4.69) is 21.2 Å². The summed E-state index contributed by atoms with van der Waals surface area (Å²) in [5, 5.41) is 2.84. The number of carbonyl (C=O) groups excluding carboxylic acids is 1. The Kier molecular flexibility index (Phi) is 6.04. The molecule has 0 bridgehead atoms. The van der Waals surface area contributed by atoms with Crippen LogP contribution < -0.4 is 14.8 Å². The van der Waals surface area contributed by atoms with Gasteiger partial charge in [0.15, 0.2) is 0 Å². The molecule has 0 atom stereocenters. The van der Waals surface area contributed by atoms with Crippen LogP contribution in [0.3, 0.4) is 0 Å². The van der Waals surface area contributed by atoms with E-state index in [1.807, 2.05) is 44.2 Å². The number of anilines is 1. The predicted molar refractivity (Wildman–Crippen MR) is 95.4 cm³/mol. The summed E-state index contributed by atoms with van der Waals surface area (Å²) in [6.07, 6.45) is 0.267. The molecule has 0 aromatic heterocycles. The maximum absolute atomic E-state index is 12.1. The van der Waals surface area contributed by atoms with Gasteiger partial charge >= 0.3 is 0 Å². The second kappa shape index (κ2) is 8.02. The van der Waals surface area contributed by atoms with Crippen LogP contribution in [-0.2, 0) is 4.79 Å². The van der Waals surface area contributed by atoms with Crippen molar-refractivity contribution in [3.8, 4) is 11.5 Å². The molecule has 23 heavy (non-hydrogen) atoms. The quantitative estimate of drug-likeness (QED) is 0.806. The van der Waals surface area contributed by atoms with Gasteiger partial charge in [0.2, 0.25) is 5.91 Å². The van der Waals surface area contributed by atoms with E-state index in [4.69, 9.17) is 9.47 Å². The Labute approximate surface area is 144 Å². The van der Waals surface area contributed by atoms with Crippen LogP contribution in [0.5, 0.6) is 11.5 Å². The van der Waals surface area contributed by atoms with Crippen LogP contribution in [0.25, 0.3) is 0 Å². The molecule has 5 heteroatoms. The maximum Gasteiger partial charge on any atom is 0.227 e. The van der Waals surface area contributed by atoms with Crippen molar-refractivity contribution in [2.75, 3.05) is 19.0 Å². The van der Waals surface area contributed by atoms with Crippen LogP contribution in [0.15, 0.2) is 40.9 Å². The predicted octanol–water partition coefficient (Wildman–Crippen LogP) is 4.48. The van der Waals surface area contributed by atoms with E-state index in [9.17, 15) is 4.79 Å². The highest BCUT2D eigenvalue weighted by atomic mass is 79.9. The zero-order chi connectivity index (χ0) is 16.8. The van der Waals surface area contributed by atoms with Crippen LogP contribution in [-0.4, -0.2) is 19.6 Å².